The van der Waals surface area contributed by atoms with Crippen molar-refractivity contribution in [3.8, 4) is 0 Å². The first-order valence-corrected chi connectivity index (χ1v) is 10.1. The summed E-state index contributed by atoms with van der Waals surface area (Å²) in [7, 11) is -3.90. The van der Waals surface area contributed by atoms with Gasteiger partial charge in [0, 0.05) is 36.8 Å². The number of carbonyl (C=O) groups excluding carboxylic acids is 1. The summed E-state index contributed by atoms with van der Waals surface area (Å²) in [6.07, 6.45) is 3.33. The number of benzene rings is 1. The Kier molecular flexibility index (Phi) is 5.46. The van der Waals surface area contributed by atoms with Gasteiger partial charge in [-0.2, -0.15) is 4.31 Å². The number of sulfonamides is 1. The van der Waals surface area contributed by atoms with Gasteiger partial charge in [0.05, 0.1) is 0 Å². The Bertz CT molecular complexity index is 802. The van der Waals surface area contributed by atoms with Gasteiger partial charge in [-0.15, -0.1) is 0 Å². The van der Waals surface area contributed by atoms with Gasteiger partial charge in [-0.25, -0.2) is 12.8 Å². The molecule has 0 saturated carbocycles. The number of halogens is 2. The SMILES string of the molecule is O=C(C1=C(Cl)CCCC1)N1CCN(S(=O)(=O)c2ccccc2F)CC1. The second kappa shape index (κ2) is 7.43. The zero-order valence-electron chi connectivity index (χ0n) is 13.7. The second-order valence-corrected chi connectivity index (χ2v) is 8.58. The summed E-state index contributed by atoms with van der Waals surface area (Å²) in [5, 5.41) is 0.623. The molecule has 0 N–H and O–H groups in total. The van der Waals surface area contributed by atoms with Crippen LogP contribution in [0.4, 0.5) is 4.39 Å². The third-order valence-corrected chi connectivity index (χ3v) is 6.99. The number of rotatable bonds is 3. The Morgan fingerprint density at radius 3 is 2.32 bits per heavy atom. The normalized spacial score (nSPS) is 20.0. The van der Waals surface area contributed by atoms with Crippen LogP contribution in [0.25, 0.3) is 0 Å². The zero-order chi connectivity index (χ0) is 18.0. The standard InChI is InChI=1S/C17H20ClFN2O3S/c18-14-6-2-1-5-13(14)17(22)20-9-11-21(12-10-20)25(23,24)16-8-4-3-7-15(16)19/h3-4,7-8H,1-2,5-6,9-12H2. The fourth-order valence-electron chi connectivity index (χ4n) is 3.21. The van der Waals surface area contributed by atoms with E-state index in [1.54, 1.807) is 4.90 Å². The number of amides is 1. The highest BCUT2D eigenvalue weighted by atomic mass is 35.5. The maximum Gasteiger partial charge on any atom is 0.251 e. The van der Waals surface area contributed by atoms with E-state index in [1.165, 1.54) is 22.5 Å². The quantitative estimate of drug-likeness (QED) is 0.802. The predicted molar refractivity (Wildman–Crippen MR) is 93.1 cm³/mol. The number of piperazine rings is 1. The molecule has 1 fully saturated rings. The first-order chi connectivity index (χ1) is 11.9. The smallest absolute Gasteiger partial charge is 0.251 e. The van der Waals surface area contributed by atoms with E-state index in [-0.39, 0.29) is 37.0 Å². The molecule has 1 aromatic carbocycles. The van der Waals surface area contributed by atoms with Crippen LogP contribution in [0, 0.1) is 5.82 Å². The lowest BCUT2D eigenvalue weighted by Crippen LogP contribution is -2.51. The van der Waals surface area contributed by atoms with Crippen LogP contribution in [0.3, 0.4) is 0 Å². The highest BCUT2D eigenvalue weighted by Gasteiger charge is 2.33. The predicted octanol–water partition coefficient (Wildman–Crippen LogP) is 2.73. The van der Waals surface area contributed by atoms with E-state index >= 15 is 0 Å². The van der Waals surface area contributed by atoms with Gasteiger partial charge in [0.1, 0.15) is 10.7 Å². The zero-order valence-corrected chi connectivity index (χ0v) is 15.3. The van der Waals surface area contributed by atoms with Crippen molar-refractivity contribution in [1.82, 2.24) is 9.21 Å². The Balaban J connectivity index is 1.70. The summed E-state index contributed by atoms with van der Waals surface area (Å²) in [6, 6.07) is 5.33. The van der Waals surface area contributed by atoms with Crippen LogP contribution in [0.1, 0.15) is 25.7 Å². The van der Waals surface area contributed by atoms with Crippen LogP contribution in [0.15, 0.2) is 39.8 Å². The molecule has 0 radical (unpaired) electrons. The molecule has 0 atom stereocenters. The van der Waals surface area contributed by atoms with Crippen LogP contribution < -0.4 is 0 Å². The molecule has 136 valence electrons. The lowest BCUT2D eigenvalue weighted by Gasteiger charge is -2.35. The Hall–Kier alpha value is -1.44. The van der Waals surface area contributed by atoms with Gasteiger partial charge in [0.25, 0.3) is 5.91 Å². The summed E-state index contributed by atoms with van der Waals surface area (Å²) in [5.41, 5.74) is 0.651. The van der Waals surface area contributed by atoms with Crippen LogP contribution in [0.5, 0.6) is 0 Å². The average Bonchev–Trinajstić information content (AvgIpc) is 2.62. The van der Waals surface area contributed by atoms with Crippen molar-refractivity contribution in [1.29, 1.82) is 0 Å². The summed E-state index contributed by atoms with van der Waals surface area (Å²) >= 11 is 6.18. The molecule has 0 bridgehead atoms. The highest BCUT2D eigenvalue weighted by molar-refractivity contribution is 7.89. The molecule has 1 saturated heterocycles. The summed E-state index contributed by atoms with van der Waals surface area (Å²) in [6.45, 7) is 0.848. The number of nitrogens with zero attached hydrogens (tertiary/aromatic N) is 2. The van der Waals surface area contributed by atoms with Crippen molar-refractivity contribution >= 4 is 27.5 Å². The average molecular weight is 387 g/mol. The Labute approximate surface area is 152 Å². The molecule has 25 heavy (non-hydrogen) atoms. The van der Waals surface area contributed by atoms with Gasteiger partial charge in [0.2, 0.25) is 10.0 Å². The van der Waals surface area contributed by atoms with Crippen molar-refractivity contribution < 1.29 is 17.6 Å². The number of carbonyl (C=O) groups is 1. The first-order valence-electron chi connectivity index (χ1n) is 8.33. The van der Waals surface area contributed by atoms with Gasteiger partial charge in [0.15, 0.2) is 0 Å². The third-order valence-electron chi connectivity index (χ3n) is 4.64. The van der Waals surface area contributed by atoms with E-state index < -0.39 is 15.8 Å². The van der Waals surface area contributed by atoms with E-state index in [0.717, 1.165) is 25.3 Å². The highest BCUT2D eigenvalue weighted by Crippen LogP contribution is 2.29. The fourth-order valence-corrected chi connectivity index (χ4v) is 5.00. The molecule has 1 heterocycles. The van der Waals surface area contributed by atoms with Crippen molar-refractivity contribution in [3.05, 3.63) is 40.7 Å². The van der Waals surface area contributed by atoms with Crippen LogP contribution in [-0.2, 0) is 14.8 Å². The molecule has 3 rings (SSSR count). The maximum absolute atomic E-state index is 13.8. The number of allylic oxidation sites excluding steroid dienone is 1. The van der Waals surface area contributed by atoms with Gasteiger partial charge in [-0.3, -0.25) is 4.79 Å². The van der Waals surface area contributed by atoms with Gasteiger partial charge in [-0.05, 0) is 37.8 Å². The summed E-state index contributed by atoms with van der Waals surface area (Å²) in [4.78, 5) is 13.9. The Morgan fingerprint density at radius 2 is 1.68 bits per heavy atom. The molecule has 1 aliphatic carbocycles. The van der Waals surface area contributed by atoms with Crippen LogP contribution in [-0.4, -0.2) is 49.7 Å². The van der Waals surface area contributed by atoms with Gasteiger partial charge < -0.3 is 4.90 Å². The second-order valence-electron chi connectivity index (χ2n) is 6.22. The fraction of sp³-hybridized carbons (Fsp3) is 0.471. The first kappa shape index (κ1) is 18.4. The van der Waals surface area contributed by atoms with Crippen LogP contribution >= 0.6 is 11.6 Å². The summed E-state index contributed by atoms with van der Waals surface area (Å²) < 4.78 is 40.2. The molecule has 1 amide bonds. The number of hydrogen-bond donors (Lipinski definition) is 0. The number of hydrogen-bond acceptors (Lipinski definition) is 3. The molecule has 0 unspecified atom stereocenters. The van der Waals surface area contributed by atoms with E-state index in [2.05, 4.69) is 0 Å². The largest absolute Gasteiger partial charge is 0.336 e. The molecular weight excluding hydrogens is 367 g/mol. The monoisotopic (exact) mass is 386 g/mol. The van der Waals surface area contributed by atoms with Crippen molar-refractivity contribution in [2.75, 3.05) is 26.2 Å². The molecule has 8 heteroatoms. The minimum absolute atomic E-state index is 0.104. The molecule has 0 spiro atoms. The molecular formula is C17H20ClFN2O3S. The lowest BCUT2D eigenvalue weighted by molar-refractivity contribution is -0.128. The molecule has 2 aliphatic rings. The van der Waals surface area contributed by atoms with E-state index in [4.69, 9.17) is 11.6 Å². The molecule has 0 aromatic heterocycles. The van der Waals surface area contributed by atoms with Gasteiger partial charge in [-0.1, -0.05) is 23.7 Å². The minimum Gasteiger partial charge on any atom is -0.336 e. The van der Waals surface area contributed by atoms with E-state index in [0.29, 0.717) is 17.0 Å². The minimum atomic E-state index is -3.90. The van der Waals surface area contributed by atoms with Crippen molar-refractivity contribution in [3.63, 3.8) is 0 Å². The molecule has 1 aliphatic heterocycles. The van der Waals surface area contributed by atoms with Crippen molar-refractivity contribution in [2.24, 2.45) is 0 Å². The van der Waals surface area contributed by atoms with Gasteiger partial charge >= 0.3 is 0 Å². The molecule has 5 nitrogen and oxygen atoms in total. The van der Waals surface area contributed by atoms with Crippen molar-refractivity contribution in [2.45, 2.75) is 30.6 Å². The van der Waals surface area contributed by atoms with Crippen LogP contribution in [0.2, 0.25) is 0 Å². The lowest BCUT2D eigenvalue weighted by atomic mass is 9.98. The van der Waals surface area contributed by atoms with E-state index in [9.17, 15) is 17.6 Å². The topological polar surface area (TPSA) is 57.7 Å². The van der Waals surface area contributed by atoms with E-state index in [1.807, 2.05) is 0 Å². The maximum atomic E-state index is 13.8. The molecule has 1 aromatic rings. The third kappa shape index (κ3) is 3.73. The summed E-state index contributed by atoms with van der Waals surface area (Å²) in [5.74, 6) is -0.868. The Morgan fingerprint density at radius 1 is 1.04 bits per heavy atom.